The molecule has 0 unspecified atom stereocenters. The highest BCUT2D eigenvalue weighted by molar-refractivity contribution is 5.52. The second-order valence-corrected chi connectivity index (χ2v) is 2.34. The van der Waals surface area contributed by atoms with Gasteiger partial charge in [-0.1, -0.05) is 0 Å². The fraction of sp³-hybridized carbons (Fsp3) is 0.286. The number of nitrogen functional groups attached to an aromatic ring is 1. The Morgan fingerprint density at radius 3 is 2.58 bits per heavy atom. The van der Waals surface area contributed by atoms with E-state index in [2.05, 4.69) is 4.98 Å². The van der Waals surface area contributed by atoms with Crippen molar-refractivity contribution >= 4 is 5.69 Å². The van der Waals surface area contributed by atoms with Crippen LogP contribution in [-0.2, 0) is 0 Å². The van der Waals surface area contributed by atoms with Crippen LogP contribution in [-0.4, -0.2) is 4.98 Å². The molecule has 0 aromatic carbocycles. The zero-order valence-electron chi connectivity index (χ0n) is 6.31. The fourth-order valence-corrected chi connectivity index (χ4v) is 0.794. The van der Waals surface area contributed by atoms with E-state index < -0.39 is 17.9 Å². The molecule has 66 valence electrons. The minimum Gasteiger partial charge on any atom is -0.398 e. The molecule has 1 aromatic heterocycles. The summed E-state index contributed by atoms with van der Waals surface area (Å²) >= 11 is 0. The molecule has 0 saturated heterocycles. The summed E-state index contributed by atoms with van der Waals surface area (Å²) in [5.74, 6) is -0.808. The van der Waals surface area contributed by atoms with E-state index in [9.17, 15) is 13.2 Å². The number of nitrogens with zero attached hydrogens (tertiary/aromatic N) is 1. The molecule has 12 heavy (non-hydrogen) atoms. The molecule has 0 aliphatic carbocycles. The second-order valence-electron chi connectivity index (χ2n) is 2.34. The summed E-state index contributed by atoms with van der Waals surface area (Å²) in [4.78, 5) is 3.13. The predicted molar refractivity (Wildman–Crippen MR) is 38.3 cm³/mol. The summed E-state index contributed by atoms with van der Waals surface area (Å²) in [5.41, 5.74) is 4.54. The van der Waals surface area contributed by atoms with Crippen LogP contribution in [0, 0.1) is 12.9 Å². The first-order chi connectivity index (χ1) is 5.54. The summed E-state index contributed by atoms with van der Waals surface area (Å²) in [5, 5.41) is 0. The van der Waals surface area contributed by atoms with Crippen LogP contribution in [0.1, 0.15) is 17.6 Å². The first-order valence-electron chi connectivity index (χ1n) is 3.22. The summed E-state index contributed by atoms with van der Waals surface area (Å²) in [7, 11) is 0. The van der Waals surface area contributed by atoms with E-state index in [1.807, 2.05) is 0 Å². The van der Waals surface area contributed by atoms with E-state index in [0.717, 1.165) is 6.20 Å². The molecule has 1 rings (SSSR count). The van der Waals surface area contributed by atoms with Crippen LogP contribution in [0.2, 0.25) is 0 Å². The third kappa shape index (κ3) is 1.34. The van der Waals surface area contributed by atoms with Gasteiger partial charge in [-0.15, -0.1) is 0 Å². The van der Waals surface area contributed by atoms with Gasteiger partial charge in [0.1, 0.15) is 0 Å². The van der Waals surface area contributed by atoms with Crippen LogP contribution < -0.4 is 5.73 Å². The first-order valence-corrected chi connectivity index (χ1v) is 3.22. The Labute approximate surface area is 67.2 Å². The van der Waals surface area contributed by atoms with Gasteiger partial charge >= 0.3 is 0 Å². The number of halogens is 3. The average Bonchev–Trinajstić information content (AvgIpc) is 2.00. The molecule has 2 nitrogen and oxygen atoms in total. The quantitative estimate of drug-likeness (QED) is 0.665. The topological polar surface area (TPSA) is 38.9 Å². The lowest BCUT2D eigenvalue weighted by Crippen LogP contribution is -2.02. The van der Waals surface area contributed by atoms with Gasteiger partial charge in [0.05, 0.1) is 5.56 Å². The number of nitrogens with two attached hydrogens (primary N) is 1. The number of aromatic nitrogens is 1. The van der Waals surface area contributed by atoms with Crippen LogP contribution in [0.5, 0.6) is 0 Å². The molecule has 1 heterocycles. The van der Waals surface area contributed by atoms with Gasteiger partial charge in [0.25, 0.3) is 6.43 Å². The van der Waals surface area contributed by atoms with Crippen LogP contribution in [0.3, 0.4) is 0 Å². The summed E-state index contributed by atoms with van der Waals surface area (Å²) in [6, 6.07) is 0. The van der Waals surface area contributed by atoms with Gasteiger partial charge in [0.2, 0.25) is 5.95 Å². The van der Waals surface area contributed by atoms with Crippen LogP contribution >= 0.6 is 0 Å². The lowest BCUT2D eigenvalue weighted by molar-refractivity contribution is 0.151. The van der Waals surface area contributed by atoms with Gasteiger partial charge in [-0.2, -0.15) is 4.39 Å². The van der Waals surface area contributed by atoms with E-state index in [0.29, 0.717) is 0 Å². The largest absolute Gasteiger partial charge is 0.398 e. The molecular formula is C7H7F3N2. The predicted octanol–water partition coefficient (Wildman–Crippen LogP) is 2.05. The molecule has 0 spiro atoms. The van der Waals surface area contributed by atoms with Crippen molar-refractivity contribution in [2.75, 3.05) is 5.73 Å². The van der Waals surface area contributed by atoms with E-state index in [4.69, 9.17) is 5.73 Å². The van der Waals surface area contributed by atoms with E-state index >= 15 is 0 Å². The second kappa shape index (κ2) is 3.00. The van der Waals surface area contributed by atoms with Gasteiger partial charge in [-0.25, -0.2) is 13.8 Å². The Morgan fingerprint density at radius 1 is 1.50 bits per heavy atom. The standard InChI is InChI=1S/C7H7F3N2/c1-3-5(11)4(6(8)9)2-12-7(3)10/h2,6H,1H3,(H2,11,12). The lowest BCUT2D eigenvalue weighted by Gasteiger charge is -2.06. The third-order valence-electron chi connectivity index (χ3n) is 1.58. The van der Waals surface area contributed by atoms with Gasteiger partial charge in [-0.3, -0.25) is 0 Å². The molecule has 2 N–H and O–H groups in total. The third-order valence-corrected chi connectivity index (χ3v) is 1.58. The van der Waals surface area contributed by atoms with Crippen molar-refractivity contribution < 1.29 is 13.2 Å². The Morgan fingerprint density at radius 2 is 2.08 bits per heavy atom. The number of alkyl halides is 2. The van der Waals surface area contributed by atoms with Gasteiger partial charge in [-0.05, 0) is 6.92 Å². The molecule has 0 aliphatic rings. The zero-order chi connectivity index (χ0) is 9.30. The van der Waals surface area contributed by atoms with Crippen LogP contribution in [0.15, 0.2) is 6.20 Å². The zero-order valence-corrected chi connectivity index (χ0v) is 6.31. The van der Waals surface area contributed by atoms with Crippen molar-refractivity contribution in [1.82, 2.24) is 4.98 Å². The molecule has 0 fully saturated rings. The monoisotopic (exact) mass is 176 g/mol. The smallest absolute Gasteiger partial charge is 0.267 e. The van der Waals surface area contributed by atoms with Crippen molar-refractivity contribution in [3.63, 3.8) is 0 Å². The number of rotatable bonds is 1. The Balaban J connectivity index is 3.27. The minimum absolute atomic E-state index is 0.0344. The molecular weight excluding hydrogens is 169 g/mol. The normalized spacial score (nSPS) is 10.8. The number of hydrogen-bond donors (Lipinski definition) is 1. The maximum atomic E-state index is 12.6. The lowest BCUT2D eigenvalue weighted by atomic mass is 10.1. The Bertz CT molecular complexity index is 299. The highest BCUT2D eigenvalue weighted by Gasteiger charge is 2.15. The van der Waals surface area contributed by atoms with Crippen molar-refractivity contribution in [3.8, 4) is 0 Å². The maximum Gasteiger partial charge on any atom is 0.267 e. The highest BCUT2D eigenvalue weighted by atomic mass is 19.3. The van der Waals surface area contributed by atoms with Crippen molar-refractivity contribution in [3.05, 3.63) is 23.3 Å². The molecule has 0 atom stereocenters. The molecule has 0 saturated carbocycles. The first kappa shape index (κ1) is 8.83. The van der Waals surface area contributed by atoms with Crippen molar-refractivity contribution in [1.29, 1.82) is 0 Å². The van der Waals surface area contributed by atoms with Gasteiger partial charge in [0.15, 0.2) is 0 Å². The number of hydrogen-bond acceptors (Lipinski definition) is 2. The van der Waals surface area contributed by atoms with Crippen LogP contribution in [0.4, 0.5) is 18.9 Å². The Hall–Kier alpha value is -1.26. The van der Waals surface area contributed by atoms with Crippen molar-refractivity contribution in [2.24, 2.45) is 0 Å². The SMILES string of the molecule is Cc1c(F)ncc(C(F)F)c1N. The summed E-state index contributed by atoms with van der Waals surface area (Å²) in [6.07, 6.45) is -1.96. The van der Waals surface area contributed by atoms with Gasteiger partial charge < -0.3 is 5.73 Å². The summed E-state index contributed by atoms with van der Waals surface area (Å²) in [6.45, 7) is 1.31. The molecule has 5 heteroatoms. The fourth-order valence-electron chi connectivity index (χ4n) is 0.794. The Kier molecular flexibility index (Phi) is 2.21. The number of pyridine rings is 1. The van der Waals surface area contributed by atoms with E-state index in [1.165, 1.54) is 6.92 Å². The highest BCUT2D eigenvalue weighted by Crippen LogP contribution is 2.26. The molecule has 1 aromatic rings. The molecule has 0 bridgehead atoms. The molecule has 0 radical (unpaired) electrons. The van der Waals surface area contributed by atoms with Gasteiger partial charge in [0, 0.05) is 17.4 Å². The summed E-state index contributed by atoms with van der Waals surface area (Å²) < 4.78 is 36.8. The minimum atomic E-state index is -2.71. The molecule has 0 aliphatic heterocycles. The maximum absolute atomic E-state index is 12.6. The molecule has 0 amide bonds. The van der Waals surface area contributed by atoms with Crippen LogP contribution in [0.25, 0.3) is 0 Å². The van der Waals surface area contributed by atoms with Crippen molar-refractivity contribution in [2.45, 2.75) is 13.3 Å². The average molecular weight is 176 g/mol. The van der Waals surface area contributed by atoms with E-state index in [-0.39, 0.29) is 11.3 Å². The van der Waals surface area contributed by atoms with E-state index in [1.54, 1.807) is 0 Å². The number of anilines is 1.